The first-order valence-corrected chi connectivity index (χ1v) is 13.9. The lowest BCUT2D eigenvalue weighted by atomic mass is 10.1. The highest BCUT2D eigenvalue weighted by molar-refractivity contribution is 7.89. The van der Waals surface area contributed by atoms with Gasteiger partial charge in [0, 0.05) is 38.3 Å². The fraction of sp³-hybridized carbons (Fsp3) is 0.480. The Labute approximate surface area is 214 Å². The molecular weight excluding hydrogens is 512 g/mol. The minimum absolute atomic E-state index is 0.0407. The Bertz CT molecular complexity index is 1260. The molecule has 1 amide bonds. The Morgan fingerprint density at radius 2 is 1.69 bits per heavy atom. The number of halogens is 3. The molecular formula is C25H28ClF2N3O4S. The van der Waals surface area contributed by atoms with Gasteiger partial charge in [0.2, 0.25) is 10.0 Å². The summed E-state index contributed by atoms with van der Waals surface area (Å²) in [4.78, 5) is 17.2. The van der Waals surface area contributed by atoms with Crippen molar-refractivity contribution in [2.45, 2.75) is 48.8 Å². The SMILES string of the molecule is COc1ccc(S(=O)(=O)N2CCC(F)CC2)cc1N1C2CCC1CN(C(=O)c1ccc(F)cc1Cl)C2. The number of sulfonamides is 1. The second kappa shape index (κ2) is 9.79. The summed E-state index contributed by atoms with van der Waals surface area (Å²) in [6.45, 7) is 1.16. The molecule has 194 valence electrons. The van der Waals surface area contributed by atoms with E-state index in [-0.39, 0.29) is 59.4 Å². The summed E-state index contributed by atoms with van der Waals surface area (Å²) >= 11 is 6.13. The minimum Gasteiger partial charge on any atom is -0.495 e. The number of hydrogen-bond acceptors (Lipinski definition) is 5. The number of piperidine rings is 1. The molecule has 3 fully saturated rings. The van der Waals surface area contributed by atoms with Crippen LogP contribution in [-0.4, -0.2) is 75.1 Å². The van der Waals surface area contributed by atoms with Gasteiger partial charge in [-0.2, -0.15) is 4.31 Å². The van der Waals surface area contributed by atoms with E-state index >= 15 is 0 Å². The molecule has 3 aliphatic heterocycles. The average Bonchev–Trinajstić information content (AvgIpc) is 3.12. The zero-order chi connectivity index (χ0) is 25.6. The molecule has 0 radical (unpaired) electrons. The van der Waals surface area contributed by atoms with E-state index in [0.29, 0.717) is 24.5 Å². The molecule has 2 bridgehead atoms. The molecule has 2 aromatic rings. The minimum atomic E-state index is -3.78. The van der Waals surface area contributed by atoms with Gasteiger partial charge in [-0.15, -0.1) is 0 Å². The molecule has 0 saturated carbocycles. The van der Waals surface area contributed by atoms with E-state index in [0.717, 1.165) is 18.9 Å². The van der Waals surface area contributed by atoms with E-state index in [4.69, 9.17) is 16.3 Å². The number of piperazine rings is 1. The fourth-order valence-corrected chi connectivity index (χ4v) is 7.28. The third-order valence-electron chi connectivity index (χ3n) is 7.38. The van der Waals surface area contributed by atoms with Gasteiger partial charge in [-0.05, 0) is 62.1 Å². The topological polar surface area (TPSA) is 70.2 Å². The van der Waals surface area contributed by atoms with Crippen LogP contribution >= 0.6 is 11.6 Å². The number of benzene rings is 2. The molecule has 36 heavy (non-hydrogen) atoms. The van der Waals surface area contributed by atoms with Crippen molar-refractivity contribution in [1.29, 1.82) is 0 Å². The van der Waals surface area contributed by atoms with Crippen LogP contribution in [0.4, 0.5) is 14.5 Å². The van der Waals surface area contributed by atoms with Crippen LogP contribution in [-0.2, 0) is 10.0 Å². The number of methoxy groups -OCH3 is 1. The number of alkyl halides is 1. The van der Waals surface area contributed by atoms with E-state index in [1.807, 2.05) is 0 Å². The van der Waals surface area contributed by atoms with Gasteiger partial charge < -0.3 is 14.5 Å². The lowest BCUT2D eigenvalue weighted by Gasteiger charge is -2.43. The molecule has 0 spiro atoms. The molecule has 3 aliphatic rings. The molecule has 5 rings (SSSR count). The Kier molecular flexibility index (Phi) is 6.86. The average molecular weight is 540 g/mol. The van der Waals surface area contributed by atoms with Crippen molar-refractivity contribution in [3.8, 4) is 5.75 Å². The lowest BCUT2D eigenvalue weighted by molar-refractivity contribution is 0.0718. The molecule has 11 heteroatoms. The monoisotopic (exact) mass is 539 g/mol. The van der Waals surface area contributed by atoms with Crippen molar-refractivity contribution >= 4 is 33.2 Å². The number of anilines is 1. The van der Waals surface area contributed by atoms with Crippen molar-refractivity contribution < 1.29 is 26.7 Å². The predicted octanol–water partition coefficient (Wildman–Crippen LogP) is 4.10. The first kappa shape index (κ1) is 25.2. The highest BCUT2D eigenvalue weighted by Gasteiger charge is 2.43. The summed E-state index contributed by atoms with van der Waals surface area (Å²) in [6, 6.07) is 8.48. The highest BCUT2D eigenvalue weighted by Crippen LogP contribution is 2.41. The molecule has 2 atom stereocenters. The van der Waals surface area contributed by atoms with Crippen LogP contribution in [0.1, 0.15) is 36.0 Å². The lowest BCUT2D eigenvalue weighted by Crippen LogP contribution is -2.55. The van der Waals surface area contributed by atoms with Gasteiger partial charge in [0.25, 0.3) is 5.91 Å². The van der Waals surface area contributed by atoms with E-state index < -0.39 is 22.0 Å². The number of ether oxygens (including phenoxy) is 1. The predicted molar refractivity (Wildman–Crippen MR) is 132 cm³/mol. The van der Waals surface area contributed by atoms with E-state index in [1.54, 1.807) is 17.0 Å². The zero-order valence-electron chi connectivity index (χ0n) is 19.9. The number of fused-ring (bicyclic) bond motifs is 2. The van der Waals surface area contributed by atoms with Crippen LogP contribution in [0.3, 0.4) is 0 Å². The van der Waals surface area contributed by atoms with Gasteiger partial charge in [0.15, 0.2) is 0 Å². The maximum Gasteiger partial charge on any atom is 0.255 e. The Morgan fingerprint density at radius 3 is 2.31 bits per heavy atom. The standard InChI is InChI=1S/C25H28ClF2N3O4S/c1-35-24-7-5-20(36(33,34)30-10-8-16(27)9-11-30)13-23(24)31-18-3-4-19(31)15-29(14-18)25(32)21-6-2-17(28)12-22(21)26/h2,5-7,12-13,16,18-19H,3-4,8-11,14-15H2,1H3. The van der Waals surface area contributed by atoms with E-state index in [1.165, 1.54) is 29.6 Å². The summed E-state index contributed by atoms with van der Waals surface area (Å²) < 4.78 is 60.6. The molecule has 0 aromatic heterocycles. The zero-order valence-corrected chi connectivity index (χ0v) is 21.4. The van der Waals surface area contributed by atoms with Crippen LogP contribution in [0.25, 0.3) is 0 Å². The quantitative estimate of drug-likeness (QED) is 0.572. The molecule has 2 unspecified atom stereocenters. The second-order valence-electron chi connectivity index (χ2n) is 9.54. The van der Waals surface area contributed by atoms with Crippen molar-refractivity contribution in [3.63, 3.8) is 0 Å². The van der Waals surface area contributed by atoms with Crippen molar-refractivity contribution in [1.82, 2.24) is 9.21 Å². The second-order valence-corrected chi connectivity index (χ2v) is 11.9. The highest BCUT2D eigenvalue weighted by atomic mass is 35.5. The molecule has 3 heterocycles. The molecule has 0 N–H and O–H groups in total. The summed E-state index contributed by atoms with van der Waals surface area (Å²) in [5, 5.41) is 0.0751. The van der Waals surface area contributed by atoms with Gasteiger partial charge in [0.1, 0.15) is 17.7 Å². The third kappa shape index (κ3) is 4.54. The van der Waals surface area contributed by atoms with Gasteiger partial charge in [-0.25, -0.2) is 17.2 Å². The summed E-state index contributed by atoms with van der Waals surface area (Å²) in [5.74, 6) is -0.205. The Balaban J connectivity index is 1.41. The maximum absolute atomic E-state index is 13.6. The van der Waals surface area contributed by atoms with Gasteiger partial charge >= 0.3 is 0 Å². The number of hydrogen-bond donors (Lipinski definition) is 0. The molecule has 2 aromatic carbocycles. The first-order chi connectivity index (χ1) is 17.2. The first-order valence-electron chi connectivity index (χ1n) is 12.0. The van der Waals surface area contributed by atoms with Crippen LogP contribution < -0.4 is 9.64 Å². The summed E-state index contributed by atoms with van der Waals surface area (Å²) in [6.07, 6.45) is 1.08. The Hall–Kier alpha value is -2.43. The molecule has 7 nitrogen and oxygen atoms in total. The van der Waals surface area contributed by atoms with Crippen LogP contribution in [0.5, 0.6) is 5.75 Å². The van der Waals surface area contributed by atoms with Crippen LogP contribution in [0.2, 0.25) is 5.02 Å². The number of amides is 1. The molecule has 3 saturated heterocycles. The van der Waals surface area contributed by atoms with E-state index in [9.17, 15) is 22.0 Å². The largest absolute Gasteiger partial charge is 0.495 e. The number of carbonyl (C=O) groups is 1. The Morgan fingerprint density at radius 1 is 1.03 bits per heavy atom. The number of carbonyl (C=O) groups excluding carboxylic acids is 1. The molecule has 0 aliphatic carbocycles. The smallest absolute Gasteiger partial charge is 0.255 e. The van der Waals surface area contributed by atoms with E-state index in [2.05, 4.69) is 4.90 Å². The summed E-state index contributed by atoms with van der Waals surface area (Å²) in [7, 11) is -2.24. The number of likely N-dealkylation sites (tertiary alicyclic amines) is 1. The van der Waals surface area contributed by atoms with Crippen molar-refractivity contribution in [2.24, 2.45) is 0 Å². The van der Waals surface area contributed by atoms with Crippen LogP contribution in [0.15, 0.2) is 41.3 Å². The number of nitrogens with zero attached hydrogens (tertiary/aromatic N) is 3. The van der Waals surface area contributed by atoms with Gasteiger partial charge in [-0.1, -0.05) is 11.6 Å². The van der Waals surface area contributed by atoms with Crippen molar-refractivity contribution in [2.75, 3.05) is 38.2 Å². The van der Waals surface area contributed by atoms with Crippen molar-refractivity contribution in [3.05, 3.63) is 52.8 Å². The van der Waals surface area contributed by atoms with Crippen LogP contribution in [0, 0.1) is 5.82 Å². The van der Waals surface area contributed by atoms with Gasteiger partial charge in [-0.3, -0.25) is 4.79 Å². The normalized spacial score (nSPS) is 23.2. The summed E-state index contributed by atoms with van der Waals surface area (Å²) in [5.41, 5.74) is 0.923. The third-order valence-corrected chi connectivity index (χ3v) is 9.59. The maximum atomic E-state index is 13.6. The number of rotatable bonds is 5. The fourth-order valence-electron chi connectivity index (χ4n) is 5.54. The van der Waals surface area contributed by atoms with Gasteiger partial charge in [0.05, 0.1) is 28.3 Å².